The number of nitrogens with zero attached hydrogens (tertiary/aromatic N) is 2. The zero-order chi connectivity index (χ0) is 16.7. The molecule has 0 aromatic heterocycles. The van der Waals surface area contributed by atoms with Crippen LogP contribution in [0.5, 0.6) is 0 Å². The summed E-state index contributed by atoms with van der Waals surface area (Å²) in [5.74, 6) is 0.775. The van der Waals surface area contributed by atoms with E-state index in [0.29, 0.717) is 6.54 Å². The van der Waals surface area contributed by atoms with Gasteiger partial charge in [0, 0.05) is 44.9 Å². The summed E-state index contributed by atoms with van der Waals surface area (Å²) in [4.78, 5) is 6.33. The summed E-state index contributed by atoms with van der Waals surface area (Å²) in [6.07, 6.45) is 0. The van der Waals surface area contributed by atoms with Gasteiger partial charge in [0.05, 0.1) is 0 Å². The second-order valence-corrected chi connectivity index (χ2v) is 5.90. The Labute approximate surface area is 166 Å². The summed E-state index contributed by atoms with van der Waals surface area (Å²) in [5, 5.41) is 7.36. The van der Waals surface area contributed by atoms with E-state index in [-0.39, 0.29) is 24.0 Å². The lowest BCUT2D eigenvalue weighted by molar-refractivity contribution is 0.809. The molecule has 130 valence electrons. The predicted octanol–water partition coefficient (Wildman–Crippen LogP) is 3.89. The molecule has 0 aliphatic heterocycles. The highest BCUT2D eigenvalue weighted by molar-refractivity contribution is 14.0. The molecule has 0 spiro atoms. The molecule has 0 fully saturated rings. The van der Waals surface area contributed by atoms with E-state index in [1.54, 1.807) is 7.05 Å². The molecule has 0 bridgehead atoms. The third kappa shape index (κ3) is 6.57. The largest absolute Gasteiger partial charge is 0.378 e. The van der Waals surface area contributed by atoms with Crippen molar-refractivity contribution >= 4 is 47.2 Å². The first-order valence-corrected chi connectivity index (χ1v) is 7.91. The molecule has 2 N–H and O–H groups in total. The van der Waals surface area contributed by atoms with Crippen LogP contribution in [0.3, 0.4) is 0 Å². The second-order valence-electron chi connectivity index (χ2n) is 5.47. The molecule has 2 aromatic carbocycles. The third-order valence-corrected chi connectivity index (χ3v) is 3.76. The average molecular weight is 459 g/mol. The second kappa shape index (κ2) is 10.4. The van der Waals surface area contributed by atoms with Gasteiger partial charge >= 0.3 is 0 Å². The molecule has 0 amide bonds. The Morgan fingerprint density at radius 2 is 1.38 bits per heavy atom. The van der Waals surface area contributed by atoms with Crippen molar-refractivity contribution in [3.05, 3.63) is 64.7 Å². The Balaban J connectivity index is 0.00000288. The van der Waals surface area contributed by atoms with Crippen LogP contribution < -0.4 is 15.5 Å². The highest BCUT2D eigenvalue weighted by Crippen LogP contribution is 2.12. The molecule has 0 aliphatic rings. The molecule has 4 nitrogen and oxygen atoms in total. The molecular weight excluding hydrogens is 435 g/mol. The maximum atomic E-state index is 5.89. The van der Waals surface area contributed by atoms with Crippen molar-refractivity contribution in [2.45, 2.75) is 13.1 Å². The Bertz CT molecular complexity index is 639. The molecule has 6 heteroatoms. The summed E-state index contributed by atoms with van der Waals surface area (Å²) in [6.45, 7) is 1.43. The number of aliphatic imine (C=N–C) groups is 1. The van der Waals surface area contributed by atoms with E-state index in [1.165, 1.54) is 11.3 Å². The number of hydrogen-bond acceptors (Lipinski definition) is 2. The van der Waals surface area contributed by atoms with Gasteiger partial charge in [-0.1, -0.05) is 35.9 Å². The molecule has 0 radical (unpaired) electrons. The fourth-order valence-electron chi connectivity index (χ4n) is 2.11. The lowest BCUT2D eigenvalue weighted by Gasteiger charge is -2.14. The topological polar surface area (TPSA) is 39.7 Å². The normalized spacial score (nSPS) is 10.8. The van der Waals surface area contributed by atoms with Gasteiger partial charge < -0.3 is 15.5 Å². The summed E-state index contributed by atoms with van der Waals surface area (Å²) in [6, 6.07) is 16.2. The van der Waals surface area contributed by atoms with E-state index >= 15 is 0 Å². The smallest absolute Gasteiger partial charge is 0.191 e. The molecule has 2 aromatic rings. The van der Waals surface area contributed by atoms with Gasteiger partial charge in [0.15, 0.2) is 5.96 Å². The first-order chi connectivity index (χ1) is 11.1. The van der Waals surface area contributed by atoms with Crippen LogP contribution in [0.4, 0.5) is 5.69 Å². The molecule has 2 rings (SSSR count). The summed E-state index contributed by atoms with van der Waals surface area (Å²) in [5.41, 5.74) is 3.57. The molecule has 0 heterocycles. The maximum absolute atomic E-state index is 5.89. The minimum atomic E-state index is 0. The molecule has 24 heavy (non-hydrogen) atoms. The van der Waals surface area contributed by atoms with Crippen LogP contribution in [0, 0.1) is 0 Å². The minimum Gasteiger partial charge on any atom is -0.378 e. The van der Waals surface area contributed by atoms with E-state index in [4.69, 9.17) is 11.6 Å². The van der Waals surface area contributed by atoms with Crippen molar-refractivity contribution in [3.8, 4) is 0 Å². The van der Waals surface area contributed by atoms with Crippen molar-refractivity contribution in [1.29, 1.82) is 0 Å². The predicted molar refractivity (Wildman–Crippen MR) is 115 cm³/mol. The molecule has 0 saturated carbocycles. The van der Waals surface area contributed by atoms with Gasteiger partial charge in [0.1, 0.15) is 0 Å². The Morgan fingerprint density at radius 3 is 1.79 bits per heavy atom. The number of halogens is 2. The quantitative estimate of drug-likeness (QED) is 0.406. The van der Waals surface area contributed by atoms with Gasteiger partial charge in [-0.3, -0.25) is 4.99 Å². The Morgan fingerprint density at radius 1 is 0.917 bits per heavy atom. The Kier molecular flexibility index (Phi) is 8.92. The van der Waals surface area contributed by atoms with Gasteiger partial charge in [-0.2, -0.15) is 0 Å². The molecule has 0 atom stereocenters. The van der Waals surface area contributed by atoms with Crippen LogP contribution in [-0.4, -0.2) is 27.1 Å². The maximum Gasteiger partial charge on any atom is 0.191 e. The summed E-state index contributed by atoms with van der Waals surface area (Å²) >= 11 is 5.89. The highest BCUT2D eigenvalue weighted by atomic mass is 127. The highest BCUT2D eigenvalue weighted by Gasteiger charge is 2.00. The minimum absolute atomic E-state index is 0. The lowest BCUT2D eigenvalue weighted by Crippen LogP contribution is -2.36. The van der Waals surface area contributed by atoms with Crippen molar-refractivity contribution in [2.24, 2.45) is 4.99 Å². The number of anilines is 1. The van der Waals surface area contributed by atoms with E-state index < -0.39 is 0 Å². The SMILES string of the molecule is CN=C(NCc1ccc(Cl)cc1)NCc1ccc(N(C)C)cc1.I. The van der Waals surface area contributed by atoms with Gasteiger partial charge in [-0.15, -0.1) is 24.0 Å². The first kappa shape index (κ1) is 20.6. The zero-order valence-corrected chi connectivity index (χ0v) is 17.3. The van der Waals surface area contributed by atoms with E-state index in [0.717, 1.165) is 23.1 Å². The number of hydrogen-bond donors (Lipinski definition) is 2. The van der Waals surface area contributed by atoms with Crippen LogP contribution >= 0.6 is 35.6 Å². The number of guanidine groups is 1. The van der Waals surface area contributed by atoms with Gasteiger partial charge in [-0.05, 0) is 35.4 Å². The zero-order valence-electron chi connectivity index (χ0n) is 14.2. The van der Waals surface area contributed by atoms with E-state index in [2.05, 4.69) is 44.8 Å². The lowest BCUT2D eigenvalue weighted by atomic mass is 10.2. The van der Waals surface area contributed by atoms with Crippen LogP contribution in [0.25, 0.3) is 0 Å². The summed E-state index contributed by atoms with van der Waals surface area (Å²) < 4.78 is 0. The van der Waals surface area contributed by atoms with Crippen molar-refractivity contribution in [2.75, 3.05) is 26.0 Å². The van der Waals surface area contributed by atoms with Crippen LogP contribution in [0.1, 0.15) is 11.1 Å². The monoisotopic (exact) mass is 458 g/mol. The molecule has 0 saturated heterocycles. The van der Waals surface area contributed by atoms with E-state index in [1.807, 2.05) is 38.4 Å². The van der Waals surface area contributed by atoms with Gasteiger partial charge in [0.2, 0.25) is 0 Å². The number of rotatable bonds is 5. The van der Waals surface area contributed by atoms with Gasteiger partial charge in [-0.25, -0.2) is 0 Å². The van der Waals surface area contributed by atoms with Crippen molar-refractivity contribution in [3.63, 3.8) is 0 Å². The molecule has 0 aliphatic carbocycles. The van der Waals surface area contributed by atoms with Crippen molar-refractivity contribution < 1.29 is 0 Å². The number of benzene rings is 2. The first-order valence-electron chi connectivity index (χ1n) is 7.53. The third-order valence-electron chi connectivity index (χ3n) is 3.51. The van der Waals surface area contributed by atoms with Crippen molar-refractivity contribution in [1.82, 2.24) is 10.6 Å². The Hall–Kier alpha value is -1.47. The number of nitrogens with one attached hydrogen (secondary N) is 2. The standard InChI is InChI=1S/C18H23ClN4.HI/c1-20-18(21-12-14-4-8-16(19)9-5-14)22-13-15-6-10-17(11-7-15)23(2)3;/h4-11H,12-13H2,1-3H3,(H2,20,21,22);1H. The fourth-order valence-corrected chi connectivity index (χ4v) is 2.23. The fraction of sp³-hybridized carbons (Fsp3) is 0.278. The summed E-state index contributed by atoms with van der Waals surface area (Å²) in [7, 11) is 5.85. The molecular formula is C18H24ClIN4. The van der Waals surface area contributed by atoms with Crippen LogP contribution in [0.15, 0.2) is 53.5 Å². The van der Waals surface area contributed by atoms with Gasteiger partial charge in [0.25, 0.3) is 0 Å². The van der Waals surface area contributed by atoms with E-state index in [9.17, 15) is 0 Å². The van der Waals surface area contributed by atoms with Crippen LogP contribution in [-0.2, 0) is 13.1 Å². The molecule has 0 unspecified atom stereocenters. The average Bonchev–Trinajstić information content (AvgIpc) is 2.57. The van der Waals surface area contributed by atoms with Crippen LogP contribution in [0.2, 0.25) is 5.02 Å².